The lowest BCUT2D eigenvalue weighted by molar-refractivity contribution is -0.144. The molecule has 1 amide bonds. The third-order valence-corrected chi connectivity index (χ3v) is 12.9. The second-order valence-electron chi connectivity index (χ2n) is 18.5. The molecule has 1 rings (SSSR count). The van der Waals surface area contributed by atoms with Gasteiger partial charge in [0, 0.05) is 32.4 Å². The van der Waals surface area contributed by atoms with Gasteiger partial charge >= 0.3 is 11.9 Å². The number of carbonyl (C=O) groups excluding carboxylic acids is 3. The van der Waals surface area contributed by atoms with Gasteiger partial charge in [0.25, 0.3) is 0 Å². The van der Waals surface area contributed by atoms with Crippen molar-refractivity contribution in [3.63, 3.8) is 0 Å². The van der Waals surface area contributed by atoms with Gasteiger partial charge in [-0.3, -0.25) is 14.4 Å². The van der Waals surface area contributed by atoms with Crippen molar-refractivity contribution in [2.45, 2.75) is 259 Å². The normalized spacial score (nSPS) is 13.2. The smallest absolute Gasteiger partial charge is 0.305 e. The molecular weight excluding hydrogens is 733 g/mol. The highest BCUT2D eigenvalue weighted by molar-refractivity contribution is 5.76. The number of unbranched alkanes of at least 4 members (excludes halogenated alkanes) is 16. The average molecular weight is 833 g/mol. The monoisotopic (exact) mass is 833 g/mol. The lowest BCUT2D eigenvalue weighted by Crippen LogP contribution is -2.33. The van der Waals surface area contributed by atoms with Crippen LogP contribution in [0.4, 0.5) is 0 Å². The Bertz CT molecular complexity index is 875. The van der Waals surface area contributed by atoms with Gasteiger partial charge in [0.2, 0.25) is 5.91 Å². The van der Waals surface area contributed by atoms with Crippen molar-refractivity contribution >= 4 is 17.8 Å². The highest BCUT2D eigenvalue weighted by Gasteiger charge is 2.16. The van der Waals surface area contributed by atoms with Gasteiger partial charge in [-0.25, -0.2) is 0 Å². The van der Waals surface area contributed by atoms with E-state index in [4.69, 9.17) is 9.47 Å². The number of hydrogen-bond donors (Lipinski definition) is 0. The van der Waals surface area contributed by atoms with Gasteiger partial charge in [-0.2, -0.15) is 0 Å². The number of nitrogens with zero attached hydrogens (tertiary/aromatic N) is 2. The molecule has 0 N–H and O–H groups in total. The first-order valence-electron chi connectivity index (χ1n) is 26.2. The van der Waals surface area contributed by atoms with E-state index in [0.29, 0.717) is 38.4 Å². The molecule has 0 aromatic carbocycles. The quantitative estimate of drug-likeness (QED) is 0.0450. The zero-order chi connectivity index (χ0) is 42.9. The Labute approximate surface area is 367 Å². The molecule has 1 aliphatic rings. The summed E-state index contributed by atoms with van der Waals surface area (Å²) < 4.78 is 11.2. The summed E-state index contributed by atoms with van der Waals surface area (Å²) in [5.41, 5.74) is 0. The minimum Gasteiger partial charge on any atom is -0.466 e. The first-order valence-corrected chi connectivity index (χ1v) is 26.2. The molecule has 0 atom stereocenters. The molecule has 1 saturated heterocycles. The largest absolute Gasteiger partial charge is 0.466 e. The van der Waals surface area contributed by atoms with Crippen LogP contribution in [0.1, 0.15) is 259 Å². The molecule has 0 aromatic heterocycles. The van der Waals surface area contributed by atoms with E-state index >= 15 is 0 Å². The number of likely N-dealkylation sites (tertiary alicyclic amines) is 1. The van der Waals surface area contributed by atoms with E-state index in [1.54, 1.807) is 0 Å². The standard InChI is InChI=1S/C52H100N2O5/c1-5-9-19-32-48(33-20-10-6-2)36-30-46-58-51(56)39-23-15-13-17-25-44-54(50(55)38-29-43-53-41-27-28-42-53)45-26-18-14-16-24-40-52(57)59-47-31-37-49(34-21-11-7-3)35-22-12-8-4/h48-49H,5-47H2,1-4H3. The summed E-state index contributed by atoms with van der Waals surface area (Å²) >= 11 is 0. The SMILES string of the molecule is CCCCCC(CCCCC)CCCOC(=O)CCCCCCCN(CCCCCCCC(=O)OCCCC(CCCCC)CCCCC)C(=O)CCCN1CCCC1. The van der Waals surface area contributed by atoms with Crippen molar-refractivity contribution < 1.29 is 23.9 Å². The summed E-state index contributed by atoms with van der Waals surface area (Å²) in [5, 5.41) is 0. The fourth-order valence-electron chi connectivity index (χ4n) is 9.04. The molecule has 0 radical (unpaired) electrons. The summed E-state index contributed by atoms with van der Waals surface area (Å²) in [6.07, 6.45) is 41.0. The number of rotatable bonds is 44. The van der Waals surface area contributed by atoms with Gasteiger partial charge in [-0.05, 0) is 102 Å². The molecule has 0 bridgehead atoms. The number of hydrogen-bond acceptors (Lipinski definition) is 6. The van der Waals surface area contributed by atoms with Gasteiger partial charge in [-0.1, -0.05) is 169 Å². The zero-order valence-corrected chi connectivity index (χ0v) is 40.0. The van der Waals surface area contributed by atoms with Crippen LogP contribution in [0.15, 0.2) is 0 Å². The van der Waals surface area contributed by atoms with Crippen LogP contribution in [-0.4, -0.2) is 73.6 Å². The van der Waals surface area contributed by atoms with E-state index in [1.165, 1.54) is 142 Å². The van der Waals surface area contributed by atoms with Gasteiger partial charge in [0.05, 0.1) is 13.2 Å². The van der Waals surface area contributed by atoms with Crippen LogP contribution in [-0.2, 0) is 23.9 Å². The minimum absolute atomic E-state index is 0.0333. The molecule has 7 nitrogen and oxygen atoms in total. The van der Waals surface area contributed by atoms with Gasteiger partial charge in [-0.15, -0.1) is 0 Å². The predicted molar refractivity (Wildman–Crippen MR) is 251 cm³/mol. The Morgan fingerprint density at radius 1 is 0.441 bits per heavy atom. The van der Waals surface area contributed by atoms with Crippen LogP contribution >= 0.6 is 0 Å². The zero-order valence-electron chi connectivity index (χ0n) is 40.0. The molecule has 0 saturated carbocycles. The van der Waals surface area contributed by atoms with Gasteiger partial charge < -0.3 is 19.3 Å². The molecule has 1 fully saturated rings. The lowest BCUT2D eigenvalue weighted by atomic mass is 9.91. The van der Waals surface area contributed by atoms with Crippen LogP contribution in [0.3, 0.4) is 0 Å². The average Bonchev–Trinajstić information content (AvgIpc) is 3.76. The summed E-state index contributed by atoms with van der Waals surface area (Å²) in [7, 11) is 0. The molecule has 0 aliphatic carbocycles. The van der Waals surface area contributed by atoms with Gasteiger partial charge in [0.15, 0.2) is 0 Å². The van der Waals surface area contributed by atoms with Crippen molar-refractivity contribution in [3.8, 4) is 0 Å². The Kier molecular flexibility index (Phi) is 39.2. The number of ether oxygens (including phenoxy) is 2. The van der Waals surface area contributed by atoms with E-state index in [0.717, 1.165) is 115 Å². The highest BCUT2D eigenvalue weighted by Crippen LogP contribution is 2.24. The molecule has 1 aliphatic heterocycles. The first-order chi connectivity index (χ1) is 28.9. The maximum Gasteiger partial charge on any atom is 0.305 e. The van der Waals surface area contributed by atoms with Crippen molar-refractivity contribution in [2.24, 2.45) is 11.8 Å². The molecule has 0 unspecified atom stereocenters. The second kappa shape index (κ2) is 41.7. The molecule has 59 heavy (non-hydrogen) atoms. The fourth-order valence-corrected chi connectivity index (χ4v) is 9.04. The van der Waals surface area contributed by atoms with Gasteiger partial charge in [0.1, 0.15) is 0 Å². The minimum atomic E-state index is -0.0333. The Hall–Kier alpha value is -1.63. The van der Waals surface area contributed by atoms with E-state index in [2.05, 4.69) is 37.5 Å². The molecule has 348 valence electrons. The topological polar surface area (TPSA) is 76.1 Å². The first kappa shape index (κ1) is 55.4. The van der Waals surface area contributed by atoms with E-state index in [-0.39, 0.29) is 11.9 Å². The van der Waals surface area contributed by atoms with E-state index in [9.17, 15) is 14.4 Å². The lowest BCUT2D eigenvalue weighted by Gasteiger charge is -2.23. The third kappa shape index (κ3) is 34.6. The van der Waals surface area contributed by atoms with E-state index in [1.807, 2.05) is 0 Å². The second-order valence-corrected chi connectivity index (χ2v) is 18.5. The molecule has 1 heterocycles. The van der Waals surface area contributed by atoms with Crippen molar-refractivity contribution in [1.29, 1.82) is 0 Å². The van der Waals surface area contributed by atoms with Crippen LogP contribution in [0.2, 0.25) is 0 Å². The highest BCUT2D eigenvalue weighted by atomic mass is 16.5. The summed E-state index contributed by atoms with van der Waals surface area (Å²) in [5.74, 6) is 1.83. The molecule has 0 aromatic rings. The maximum atomic E-state index is 13.3. The number of carbonyl (C=O) groups is 3. The molecular formula is C52H100N2O5. The third-order valence-electron chi connectivity index (χ3n) is 12.9. The van der Waals surface area contributed by atoms with Crippen LogP contribution in [0, 0.1) is 11.8 Å². The van der Waals surface area contributed by atoms with Crippen LogP contribution in [0.25, 0.3) is 0 Å². The Balaban J connectivity index is 2.26. The fraction of sp³-hybridized carbons (Fsp3) is 0.942. The summed E-state index contributed by atoms with van der Waals surface area (Å²) in [6.45, 7) is 15.3. The van der Waals surface area contributed by atoms with E-state index < -0.39 is 0 Å². The maximum absolute atomic E-state index is 13.3. The predicted octanol–water partition coefficient (Wildman–Crippen LogP) is 14.6. The van der Waals surface area contributed by atoms with Crippen molar-refractivity contribution in [3.05, 3.63) is 0 Å². The molecule has 0 spiro atoms. The summed E-state index contributed by atoms with van der Waals surface area (Å²) in [6, 6.07) is 0. The van der Waals surface area contributed by atoms with Crippen molar-refractivity contribution in [2.75, 3.05) is 45.9 Å². The Morgan fingerprint density at radius 2 is 0.814 bits per heavy atom. The van der Waals surface area contributed by atoms with Crippen LogP contribution < -0.4 is 0 Å². The number of amides is 1. The number of esters is 2. The van der Waals surface area contributed by atoms with Crippen molar-refractivity contribution in [1.82, 2.24) is 9.80 Å². The summed E-state index contributed by atoms with van der Waals surface area (Å²) in [4.78, 5) is 42.7. The van der Waals surface area contributed by atoms with Crippen LogP contribution in [0.5, 0.6) is 0 Å². The molecule has 7 heteroatoms. The Morgan fingerprint density at radius 3 is 1.22 bits per heavy atom.